The number of benzene rings is 3. The van der Waals surface area contributed by atoms with E-state index in [0.717, 1.165) is 15.4 Å². The maximum absolute atomic E-state index is 14.1. The average Bonchev–Trinajstić information content (AvgIpc) is 2.95. The fourth-order valence-corrected chi connectivity index (χ4v) is 6.23. The van der Waals surface area contributed by atoms with E-state index in [1.807, 2.05) is 58.0 Å². The smallest absolute Gasteiger partial charge is 0.264 e. The molecule has 220 valence electrons. The Bertz CT molecular complexity index is 1430. The van der Waals surface area contributed by atoms with Crippen LogP contribution in [0.2, 0.25) is 10.0 Å². The molecule has 3 aromatic rings. The topological polar surface area (TPSA) is 86.8 Å². The summed E-state index contributed by atoms with van der Waals surface area (Å²) >= 11 is 12.8. The molecule has 41 heavy (non-hydrogen) atoms. The van der Waals surface area contributed by atoms with Gasteiger partial charge >= 0.3 is 0 Å². The Balaban J connectivity index is 2.04. The van der Waals surface area contributed by atoms with E-state index >= 15 is 0 Å². The Kier molecular flexibility index (Phi) is 11.6. The van der Waals surface area contributed by atoms with Crippen LogP contribution in [0.1, 0.15) is 38.3 Å². The molecule has 0 unspecified atom stereocenters. The van der Waals surface area contributed by atoms with Crippen LogP contribution in [-0.2, 0) is 26.0 Å². The highest BCUT2D eigenvalue weighted by atomic mass is 35.5. The van der Waals surface area contributed by atoms with Gasteiger partial charge in [-0.2, -0.15) is 0 Å². The van der Waals surface area contributed by atoms with Crippen LogP contribution >= 0.6 is 23.2 Å². The molecular formula is C31H37Cl2N3O4S. The van der Waals surface area contributed by atoms with Gasteiger partial charge in [-0.3, -0.25) is 13.9 Å². The second-order valence-electron chi connectivity index (χ2n) is 10.3. The van der Waals surface area contributed by atoms with Crippen molar-refractivity contribution in [2.45, 2.75) is 51.5 Å². The summed E-state index contributed by atoms with van der Waals surface area (Å²) in [6.07, 6.45) is 0.844. The monoisotopic (exact) mass is 617 g/mol. The van der Waals surface area contributed by atoms with Crippen molar-refractivity contribution in [3.63, 3.8) is 0 Å². The zero-order valence-corrected chi connectivity index (χ0v) is 26.1. The van der Waals surface area contributed by atoms with Crippen molar-refractivity contribution in [1.29, 1.82) is 0 Å². The molecule has 0 aliphatic carbocycles. The van der Waals surface area contributed by atoms with Gasteiger partial charge in [-0.05, 0) is 55.5 Å². The number of hydrogen-bond acceptors (Lipinski definition) is 4. The van der Waals surface area contributed by atoms with Gasteiger partial charge in [-0.15, -0.1) is 0 Å². The van der Waals surface area contributed by atoms with Crippen molar-refractivity contribution in [2.75, 3.05) is 23.9 Å². The third-order valence-corrected chi connectivity index (χ3v) is 9.23. The van der Waals surface area contributed by atoms with Gasteiger partial charge in [0.2, 0.25) is 11.8 Å². The van der Waals surface area contributed by atoms with Crippen LogP contribution in [0.25, 0.3) is 0 Å². The Hall–Kier alpha value is -3.07. The minimum atomic E-state index is -4.24. The van der Waals surface area contributed by atoms with Crippen molar-refractivity contribution in [3.8, 4) is 0 Å². The number of nitrogens with one attached hydrogen (secondary N) is 1. The van der Waals surface area contributed by atoms with Crippen LogP contribution in [0.15, 0.2) is 77.7 Å². The molecule has 3 aromatic carbocycles. The van der Waals surface area contributed by atoms with E-state index in [-0.39, 0.29) is 39.0 Å². The molecule has 0 bridgehead atoms. The van der Waals surface area contributed by atoms with E-state index in [9.17, 15) is 18.0 Å². The maximum Gasteiger partial charge on any atom is 0.264 e. The van der Waals surface area contributed by atoms with Crippen molar-refractivity contribution >= 4 is 50.7 Å². The summed E-state index contributed by atoms with van der Waals surface area (Å²) < 4.78 is 28.9. The van der Waals surface area contributed by atoms with E-state index in [4.69, 9.17) is 23.2 Å². The Morgan fingerprint density at radius 1 is 0.927 bits per heavy atom. The molecule has 1 atom stereocenters. The molecule has 7 nitrogen and oxygen atoms in total. The van der Waals surface area contributed by atoms with Gasteiger partial charge in [0.25, 0.3) is 10.0 Å². The third kappa shape index (κ3) is 8.47. The number of halogens is 2. The summed E-state index contributed by atoms with van der Waals surface area (Å²) in [4.78, 5) is 28.8. The van der Waals surface area contributed by atoms with Crippen molar-refractivity contribution in [2.24, 2.45) is 5.92 Å². The summed E-state index contributed by atoms with van der Waals surface area (Å²) in [5.41, 5.74) is 1.95. The first-order valence-corrected chi connectivity index (χ1v) is 15.8. The average molecular weight is 619 g/mol. The molecule has 0 radical (unpaired) electrons. The molecule has 10 heteroatoms. The highest BCUT2D eigenvalue weighted by Gasteiger charge is 2.34. The van der Waals surface area contributed by atoms with Crippen LogP contribution in [0.3, 0.4) is 0 Å². The molecule has 0 heterocycles. The summed E-state index contributed by atoms with van der Waals surface area (Å²) in [5, 5.41) is 3.09. The minimum absolute atomic E-state index is 0.00416. The highest BCUT2D eigenvalue weighted by Crippen LogP contribution is 2.35. The Morgan fingerprint density at radius 3 is 2.20 bits per heavy atom. The predicted molar refractivity (Wildman–Crippen MR) is 166 cm³/mol. The SMILES string of the molecule is CC[C@H](C(=O)NCC(C)C)N(CCc1ccccc1)C(=O)CN(c1cccc(Cl)c1Cl)S(=O)(=O)c1ccc(C)cc1. The molecule has 0 saturated carbocycles. The lowest BCUT2D eigenvalue weighted by molar-refractivity contribution is -0.139. The molecule has 0 aromatic heterocycles. The van der Waals surface area contributed by atoms with Crippen LogP contribution in [0, 0.1) is 12.8 Å². The molecule has 2 amide bonds. The van der Waals surface area contributed by atoms with Crippen LogP contribution < -0.4 is 9.62 Å². The lowest BCUT2D eigenvalue weighted by Gasteiger charge is -2.33. The molecular weight excluding hydrogens is 581 g/mol. The quantitative estimate of drug-likeness (QED) is 0.250. The van der Waals surface area contributed by atoms with Gasteiger partial charge in [-0.1, -0.05) is 98.1 Å². The largest absolute Gasteiger partial charge is 0.354 e. The zero-order valence-electron chi connectivity index (χ0n) is 23.8. The van der Waals surface area contributed by atoms with Crippen LogP contribution in [0.5, 0.6) is 0 Å². The first kappa shape index (κ1) is 32.4. The number of aryl methyl sites for hydroxylation is 1. The summed E-state index contributed by atoms with van der Waals surface area (Å²) in [5.74, 6) is -0.583. The van der Waals surface area contributed by atoms with Gasteiger partial charge in [0, 0.05) is 13.1 Å². The highest BCUT2D eigenvalue weighted by molar-refractivity contribution is 7.92. The molecule has 0 saturated heterocycles. The summed E-state index contributed by atoms with van der Waals surface area (Å²) in [7, 11) is -4.24. The zero-order chi connectivity index (χ0) is 30.2. The number of anilines is 1. The normalized spacial score (nSPS) is 12.2. The van der Waals surface area contributed by atoms with Gasteiger partial charge in [0.15, 0.2) is 0 Å². The fraction of sp³-hybridized carbons (Fsp3) is 0.355. The van der Waals surface area contributed by atoms with E-state index in [1.54, 1.807) is 24.3 Å². The summed E-state index contributed by atoms with van der Waals surface area (Å²) in [6.45, 7) is 7.77. The molecule has 1 N–H and O–H groups in total. The van der Waals surface area contributed by atoms with E-state index in [1.165, 1.54) is 23.1 Å². The minimum Gasteiger partial charge on any atom is -0.354 e. The van der Waals surface area contributed by atoms with Gasteiger partial charge < -0.3 is 10.2 Å². The lowest BCUT2D eigenvalue weighted by atomic mass is 10.1. The number of amides is 2. The standard InChI is InChI=1S/C31H37Cl2N3O4S/c1-5-27(31(38)34-20-22(2)3)35(19-18-24-10-7-6-8-11-24)29(37)21-36(28-13-9-12-26(32)30(28)33)41(39,40)25-16-14-23(4)15-17-25/h6-17,22,27H,5,18-21H2,1-4H3,(H,34,38)/t27-/m1/s1. The molecule has 0 fully saturated rings. The van der Waals surface area contributed by atoms with E-state index in [0.29, 0.717) is 19.4 Å². The van der Waals surface area contributed by atoms with Gasteiger partial charge in [0.05, 0.1) is 20.6 Å². The molecule has 0 aliphatic rings. The van der Waals surface area contributed by atoms with Gasteiger partial charge in [0.1, 0.15) is 12.6 Å². The van der Waals surface area contributed by atoms with E-state index < -0.39 is 28.5 Å². The van der Waals surface area contributed by atoms with E-state index in [2.05, 4.69) is 5.32 Å². The number of rotatable bonds is 13. The third-order valence-electron chi connectivity index (χ3n) is 6.64. The first-order valence-electron chi connectivity index (χ1n) is 13.6. The Morgan fingerprint density at radius 2 is 1.59 bits per heavy atom. The molecule has 0 aliphatic heterocycles. The second-order valence-corrected chi connectivity index (χ2v) is 12.9. The van der Waals surface area contributed by atoms with Crippen LogP contribution in [-0.4, -0.2) is 50.8 Å². The molecule has 0 spiro atoms. The number of sulfonamides is 1. The predicted octanol–water partition coefficient (Wildman–Crippen LogP) is 6.12. The molecule has 3 rings (SSSR count). The van der Waals surface area contributed by atoms with Crippen molar-refractivity contribution in [1.82, 2.24) is 10.2 Å². The Labute approximate surface area is 253 Å². The van der Waals surface area contributed by atoms with Gasteiger partial charge in [-0.25, -0.2) is 8.42 Å². The first-order chi connectivity index (χ1) is 19.4. The number of hydrogen-bond donors (Lipinski definition) is 1. The second kappa shape index (κ2) is 14.7. The number of carbonyl (C=O) groups excluding carboxylic acids is 2. The van der Waals surface area contributed by atoms with Crippen LogP contribution in [0.4, 0.5) is 5.69 Å². The van der Waals surface area contributed by atoms with Crippen molar-refractivity contribution in [3.05, 3.63) is 94.0 Å². The maximum atomic E-state index is 14.1. The number of carbonyl (C=O) groups is 2. The fourth-order valence-electron chi connectivity index (χ4n) is 4.35. The number of nitrogens with zero attached hydrogens (tertiary/aromatic N) is 2. The lowest BCUT2D eigenvalue weighted by Crippen LogP contribution is -2.53. The summed E-state index contributed by atoms with van der Waals surface area (Å²) in [6, 6.07) is 19.8. The van der Waals surface area contributed by atoms with Crippen molar-refractivity contribution < 1.29 is 18.0 Å².